The number of rotatable bonds is 4. The van der Waals surface area contributed by atoms with Gasteiger partial charge in [0.1, 0.15) is 0 Å². The second kappa shape index (κ2) is 8.30. The fraction of sp³-hybridized carbons (Fsp3) is 0.722. The second-order valence-electron chi connectivity index (χ2n) is 6.73. The van der Waals surface area contributed by atoms with Crippen molar-refractivity contribution in [3.05, 3.63) is 22.4 Å². The topological polar surface area (TPSA) is 15.3 Å². The highest BCUT2D eigenvalue weighted by atomic mass is 32.1. The zero-order valence-electron chi connectivity index (χ0n) is 13.4. The van der Waals surface area contributed by atoms with Gasteiger partial charge in [0, 0.05) is 17.0 Å². The molecule has 1 N–H and O–H groups in total. The smallest absolute Gasteiger partial charge is 0.169 e. The summed E-state index contributed by atoms with van der Waals surface area (Å²) in [4.78, 5) is 3.98. The summed E-state index contributed by atoms with van der Waals surface area (Å²) in [5, 5.41) is 6.69. The standard InChI is InChI=1S/C18H28N2S2/c21-18(19-14-17-12-7-13-22-17)20(15-8-3-1-4-9-15)16-10-5-2-6-11-16/h7,12-13,15-16H,1-6,8-11,14H2,(H,19,21). The molecule has 0 radical (unpaired) electrons. The average molecular weight is 337 g/mol. The van der Waals surface area contributed by atoms with Crippen LogP contribution in [0.3, 0.4) is 0 Å². The maximum absolute atomic E-state index is 5.83. The molecule has 3 rings (SSSR count). The normalized spacial score (nSPS) is 20.7. The Bertz CT molecular complexity index is 428. The van der Waals surface area contributed by atoms with E-state index in [0.29, 0.717) is 12.1 Å². The lowest BCUT2D eigenvalue weighted by Crippen LogP contribution is -2.52. The second-order valence-corrected chi connectivity index (χ2v) is 8.15. The van der Waals surface area contributed by atoms with E-state index in [0.717, 1.165) is 11.7 Å². The monoisotopic (exact) mass is 336 g/mol. The van der Waals surface area contributed by atoms with E-state index in [1.165, 1.54) is 69.1 Å². The highest BCUT2D eigenvalue weighted by Crippen LogP contribution is 2.30. The van der Waals surface area contributed by atoms with Crippen LogP contribution in [-0.4, -0.2) is 22.1 Å². The van der Waals surface area contributed by atoms with Gasteiger partial charge >= 0.3 is 0 Å². The van der Waals surface area contributed by atoms with E-state index in [2.05, 4.69) is 27.7 Å². The van der Waals surface area contributed by atoms with Crippen molar-refractivity contribution in [1.82, 2.24) is 10.2 Å². The van der Waals surface area contributed by atoms with Crippen molar-refractivity contribution in [2.45, 2.75) is 82.8 Å². The Balaban J connectivity index is 1.64. The molecule has 0 unspecified atom stereocenters. The minimum atomic E-state index is 0.681. The summed E-state index contributed by atoms with van der Waals surface area (Å²) in [5.41, 5.74) is 0. The van der Waals surface area contributed by atoms with Crippen molar-refractivity contribution in [3.63, 3.8) is 0 Å². The molecule has 122 valence electrons. The van der Waals surface area contributed by atoms with Gasteiger partial charge in [0.2, 0.25) is 0 Å². The molecule has 1 aromatic heterocycles. The number of thiophene rings is 1. The van der Waals surface area contributed by atoms with Crippen molar-refractivity contribution in [2.75, 3.05) is 0 Å². The van der Waals surface area contributed by atoms with Gasteiger partial charge in [0.05, 0.1) is 6.54 Å². The summed E-state index contributed by atoms with van der Waals surface area (Å²) in [6, 6.07) is 5.66. The maximum Gasteiger partial charge on any atom is 0.169 e. The molecule has 22 heavy (non-hydrogen) atoms. The van der Waals surface area contributed by atoms with E-state index >= 15 is 0 Å². The van der Waals surface area contributed by atoms with Crippen LogP contribution in [0.4, 0.5) is 0 Å². The first-order valence-electron chi connectivity index (χ1n) is 8.93. The first-order chi connectivity index (χ1) is 10.8. The fourth-order valence-electron chi connectivity index (χ4n) is 4.02. The first-order valence-corrected chi connectivity index (χ1v) is 10.2. The molecule has 0 spiro atoms. The van der Waals surface area contributed by atoms with E-state index < -0.39 is 0 Å². The molecule has 0 bridgehead atoms. The molecule has 1 aromatic rings. The van der Waals surface area contributed by atoms with E-state index in [-0.39, 0.29) is 0 Å². The first kappa shape index (κ1) is 16.3. The summed E-state index contributed by atoms with van der Waals surface area (Å²) < 4.78 is 0. The molecular formula is C18H28N2S2. The summed E-state index contributed by atoms with van der Waals surface area (Å²) in [6.45, 7) is 0.881. The predicted molar refractivity (Wildman–Crippen MR) is 99.3 cm³/mol. The molecule has 0 aromatic carbocycles. The molecule has 0 atom stereocenters. The van der Waals surface area contributed by atoms with Crippen LogP contribution in [0.15, 0.2) is 17.5 Å². The summed E-state index contributed by atoms with van der Waals surface area (Å²) >= 11 is 7.64. The van der Waals surface area contributed by atoms with Crippen LogP contribution in [0.1, 0.15) is 69.1 Å². The van der Waals surface area contributed by atoms with Gasteiger partial charge < -0.3 is 10.2 Å². The van der Waals surface area contributed by atoms with Gasteiger partial charge in [-0.15, -0.1) is 11.3 Å². The van der Waals surface area contributed by atoms with Crippen molar-refractivity contribution in [3.8, 4) is 0 Å². The highest BCUT2D eigenvalue weighted by molar-refractivity contribution is 7.80. The van der Waals surface area contributed by atoms with Crippen molar-refractivity contribution in [2.24, 2.45) is 0 Å². The fourth-order valence-corrected chi connectivity index (χ4v) is 5.03. The molecule has 0 aliphatic heterocycles. The molecule has 2 aliphatic rings. The Morgan fingerprint density at radius 1 is 1.05 bits per heavy atom. The number of nitrogens with zero attached hydrogens (tertiary/aromatic N) is 1. The Morgan fingerprint density at radius 3 is 2.14 bits per heavy atom. The van der Waals surface area contributed by atoms with Gasteiger partial charge in [-0.25, -0.2) is 0 Å². The van der Waals surface area contributed by atoms with E-state index in [4.69, 9.17) is 12.2 Å². The lowest BCUT2D eigenvalue weighted by molar-refractivity contribution is 0.156. The number of thiocarbonyl (C=S) groups is 1. The Morgan fingerprint density at radius 2 is 1.64 bits per heavy atom. The third-order valence-electron chi connectivity index (χ3n) is 5.16. The van der Waals surface area contributed by atoms with Crippen LogP contribution < -0.4 is 5.32 Å². The number of hydrogen-bond donors (Lipinski definition) is 1. The third kappa shape index (κ3) is 4.23. The molecule has 0 amide bonds. The quantitative estimate of drug-likeness (QED) is 0.771. The van der Waals surface area contributed by atoms with Gasteiger partial charge in [-0.2, -0.15) is 0 Å². The lowest BCUT2D eigenvalue weighted by atomic mass is 9.89. The minimum absolute atomic E-state index is 0.681. The van der Waals surface area contributed by atoms with E-state index in [9.17, 15) is 0 Å². The Kier molecular flexibility index (Phi) is 6.13. The summed E-state index contributed by atoms with van der Waals surface area (Å²) in [5.74, 6) is 0. The molecule has 0 saturated heterocycles. The van der Waals surface area contributed by atoms with Crippen LogP contribution >= 0.6 is 23.6 Å². The summed E-state index contributed by atoms with van der Waals surface area (Å²) in [6.07, 6.45) is 13.6. The number of hydrogen-bond acceptors (Lipinski definition) is 2. The van der Waals surface area contributed by atoms with Crippen molar-refractivity contribution < 1.29 is 0 Å². The molecule has 2 nitrogen and oxygen atoms in total. The van der Waals surface area contributed by atoms with Crippen LogP contribution in [0.5, 0.6) is 0 Å². The average Bonchev–Trinajstić information content (AvgIpc) is 3.09. The Hall–Kier alpha value is -0.610. The van der Waals surface area contributed by atoms with Gasteiger partial charge in [-0.1, -0.05) is 44.6 Å². The van der Waals surface area contributed by atoms with Crippen LogP contribution in [-0.2, 0) is 6.54 Å². The van der Waals surface area contributed by atoms with Crippen LogP contribution in [0, 0.1) is 0 Å². The van der Waals surface area contributed by atoms with Crippen molar-refractivity contribution >= 4 is 28.7 Å². The molecule has 2 saturated carbocycles. The molecule has 2 fully saturated rings. The minimum Gasteiger partial charge on any atom is -0.358 e. The highest BCUT2D eigenvalue weighted by Gasteiger charge is 2.30. The van der Waals surface area contributed by atoms with E-state index in [1.54, 1.807) is 0 Å². The zero-order valence-corrected chi connectivity index (χ0v) is 15.1. The zero-order chi connectivity index (χ0) is 15.2. The molecule has 4 heteroatoms. The van der Waals surface area contributed by atoms with Crippen LogP contribution in [0.25, 0.3) is 0 Å². The van der Waals surface area contributed by atoms with Crippen molar-refractivity contribution in [1.29, 1.82) is 0 Å². The maximum atomic E-state index is 5.83. The molecular weight excluding hydrogens is 308 g/mol. The largest absolute Gasteiger partial charge is 0.358 e. The SMILES string of the molecule is S=C(NCc1cccs1)N(C1CCCCC1)C1CCCCC1. The van der Waals surface area contributed by atoms with E-state index in [1.807, 2.05) is 11.3 Å². The summed E-state index contributed by atoms with van der Waals surface area (Å²) in [7, 11) is 0. The lowest BCUT2D eigenvalue weighted by Gasteiger charge is -2.43. The third-order valence-corrected chi connectivity index (χ3v) is 6.40. The van der Waals surface area contributed by atoms with Crippen LogP contribution in [0.2, 0.25) is 0 Å². The van der Waals surface area contributed by atoms with Gasteiger partial charge in [0.15, 0.2) is 5.11 Å². The van der Waals surface area contributed by atoms with Gasteiger partial charge in [-0.3, -0.25) is 0 Å². The number of nitrogens with one attached hydrogen (secondary N) is 1. The Labute approximate surface area is 144 Å². The van der Waals surface area contributed by atoms with Gasteiger partial charge in [-0.05, 0) is 49.3 Å². The van der Waals surface area contributed by atoms with Gasteiger partial charge in [0.25, 0.3) is 0 Å². The molecule has 1 heterocycles. The molecule has 2 aliphatic carbocycles. The predicted octanol–water partition coefficient (Wildman–Crippen LogP) is 5.09.